The van der Waals surface area contributed by atoms with Gasteiger partial charge in [0.25, 0.3) is 0 Å². The van der Waals surface area contributed by atoms with Crippen LogP contribution in [-0.4, -0.2) is 25.2 Å². The second kappa shape index (κ2) is 4.72. The minimum Gasteiger partial charge on any atom is -0.495 e. The number of aromatic nitrogens is 1. The summed E-state index contributed by atoms with van der Waals surface area (Å²) >= 11 is 6.05. The Hall–Kier alpha value is -2.20. The van der Waals surface area contributed by atoms with Crippen molar-refractivity contribution in [2.24, 2.45) is 0 Å². The second-order valence-corrected chi connectivity index (χ2v) is 4.81. The Bertz CT molecular complexity index is 823. The van der Waals surface area contributed by atoms with Crippen molar-refractivity contribution in [2.75, 3.05) is 14.2 Å². The van der Waals surface area contributed by atoms with Crippen molar-refractivity contribution in [3.63, 3.8) is 0 Å². The molecule has 0 bridgehead atoms. The molecule has 0 spiro atoms. The van der Waals surface area contributed by atoms with E-state index in [0.717, 1.165) is 21.8 Å². The molecule has 0 aliphatic carbocycles. The van der Waals surface area contributed by atoms with Crippen LogP contribution in [0.4, 0.5) is 0 Å². The van der Waals surface area contributed by atoms with Gasteiger partial charge in [-0.2, -0.15) is 0 Å². The third kappa shape index (κ3) is 1.80. The number of aromatic amines is 1. The first-order valence-corrected chi connectivity index (χ1v) is 6.39. The van der Waals surface area contributed by atoms with Crippen LogP contribution >= 0.6 is 11.6 Å². The summed E-state index contributed by atoms with van der Waals surface area (Å²) in [6.07, 6.45) is 0. The molecule has 102 valence electrons. The number of hydrogen-bond acceptors (Lipinski definition) is 3. The van der Waals surface area contributed by atoms with Crippen LogP contribution in [0.3, 0.4) is 0 Å². The largest absolute Gasteiger partial charge is 0.495 e. The van der Waals surface area contributed by atoms with E-state index in [0.29, 0.717) is 16.3 Å². The Labute approximate surface area is 120 Å². The average molecular weight is 290 g/mol. The number of carbonyl (C=O) groups excluding carboxylic acids is 1. The molecule has 1 heterocycles. The van der Waals surface area contributed by atoms with Gasteiger partial charge in [-0.3, -0.25) is 0 Å². The van der Waals surface area contributed by atoms with Gasteiger partial charge in [-0.05, 0) is 30.3 Å². The second-order valence-electron chi connectivity index (χ2n) is 4.37. The number of fused-ring (bicyclic) bond motifs is 3. The average Bonchev–Trinajstić information content (AvgIpc) is 2.84. The highest BCUT2D eigenvalue weighted by atomic mass is 35.5. The van der Waals surface area contributed by atoms with Gasteiger partial charge < -0.3 is 14.5 Å². The van der Waals surface area contributed by atoms with E-state index < -0.39 is 5.97 Å². The third-order valence-corrected chi connectivity index (χ3v) is 3.54. The quantitative estimate of drug-likeness (QED) is 0.731. The van der Waals surface area contributed by atoms with E-state index in [1.54, 1.807) is 25.3 Å². The molecule has 0 radical (unpaired) electrons. The summed E-state index contributed by atoms with van der Waals surface area (Å²) in [5.41, 5.74) is 2.13. The van der Waals surface area contributed by atoms with Crippen molar-refractivity contribution in [3.8, 4) is 5.75 Å². The lowest BCUT2D eigenvalue weighted by molar-refractivity contribution is 0.0603. The van der Waals surface area contributed by atoms with Crippen LogP contribution < -0.4 is 4.74 Å². The van der Waals surface area contributed by atoms with Gasteiger partial charge in [0, 0.05) is 21.3 Å². The molecule has 0 aliphatic heterocycles. The van der Waals surface area contributed by atoms with Gasteiger partial charge in [0.1, 0.15) is 5.75 Å². The Kier molecular flexibility index (Phi) is 3.03. The van der Waals surface area contributed by atoms with E-state index in [1.807, 2.05) is 12.1 Å². The normalized spacial score (nSPS) is 10.9. The monoisotopic (exact) mass is 289 g/mol. The number of nitrogens with one attached hydrogen (secondary N) is 1. The van der Waals surface area contributed by atoms with Gasteiger partial charge in [0.15, 0.2) is 0 Å². The fraction of sp³-hybridized carbons (Fsp3) is 0.133. The number of H-pyrrole nitrogens is 1. The molecule has 0 aliphatic rings. The van der Waals surface area contributed by atoms with Crippen molar-refractivity contribution >= 4 is 39.4 Å². The molecule has 20 heavy (non-hydrogen) atoms. The molecule has 0 fully saturated rings. The number of benzene rings is 2. The highest BCUT2D eigenvalue weighted by Crippen LogP contribution is 2.35. The van der Waals surface area contributed by atoms with Gasteiger partial charge in [0.2, 0.25) is 0 Å². The molecule has 2 aromatic carbocycles. The smallest absolute Gasteiger partial charge is 0.338 e. The molecule has 0 saturated carbocycles. The molecule has 3 rings (SSSR count). The van der Waals surface area contributed by atoms with Crippen molar-refractivity contribution in [3.05, 3.63) is 40.9 Å². The zero-order valence-corrected chi connectivity index (χ0v) is 11.7. The van der Waals surface area contributed by atoms with Crippen LogP contribution in [0.5, 0.6) is 5.75 Å². The molecule has 0 unspecified atom stereocenters. The van der Waals surface area contributed by atoms with E-state index in [9.17, 15) is 4.79 Å². The van der Waals surface area contributed by atoms with E-state index >= 15 is 0 Å². The van der Waals surface area contributed by atoms with Crippen molar-refractivity contribution < 1.29 is 14.3 Å². The fourth-order valence-corrected chi connectivity index (χ4v) is 2.58. The predicted octanol–water partition coefficient (Wildman–Crippen LogP) is 3.77. The maximum atomic E-state index is 11.9. The van der Waals surface area contributed by atoms with Crippen molar-refractivity contribution in [1.29, 1.82) is 0 Å². The van der Waals surface area contributed by atoms with Gasteiger partial charge in [0.05, 0.1) is 25.3 Å². The number of ether oxygens (including phenoxy) is 2. The molecule has 0 saturated heterocycles. The van der Waals surface area contributed by atoms with Gasteiger partial charge in [-0.25, -0.2) is 4.79 Å². The number of hydrogen-bond donors (Lipinski definition) is 1. The molecule has 1 N–H and O–H groups in total. The highest BCUT2D eigenvalue weighted by molar-refractivity contribution is 6.32. The zero-order valence-electron chi connectivity index (χ0n) is 11.0. The SMILES string of the molecule is COC(=O)c1ccc(OC)c2[nH]c3ccc(Cl)cc3c12. The van der Waals surface area contributed by atoms with Gasteiger partial charge in [-0.15, -0.1) is 0 Å². The molecular formula is C15H12ClNO3. The Morgan fingerprint density at radius 3 is 2.70 bits per heavy atom. The lowest BCUT2D eigenvalue weighted by atomic mass is 10.1. The van der Waals surface area contributed by atoms with Crippen molar-refractivity contribution in [2.45, 2.75) is 0 Å². The molecular weight excluding hydrogens is 278 g/mol. The summed E-state index contributed by atoms with van der Waals surface area (Å²) in [5, 5.41) is 2.23. The van der Waals surface area contributed by atoms with Gasteiger partial charge in [-0.1, -0.05) is 11.6 Å². The third-order valence-electron chi connectivity index (χ3n) is 3.30. The van der Waals surface area contributed by atoms with E-state index in [1.165, 1.54) is 7.11 Å². The molecule has 0 amide bonds. The van der Waals surface area contributed by atoms with Crippen LogP contribution in [0.15, 0.2) is 30.3 Å². The number of methoxy groups -OCH3 is 2. The van der Waals surface area contributed by atoms with Gasteiger partial charge >= 0.3 is 5.97 Å². The summed E-state index contributed by atoms with van der Waals surface area (Å²) in [6.45, 7) is 0. The Morgan fingerprint density at radius 1 is 1.20 bits per heavy atom. The zero-order chi connectivity index (χ0) is 14.3. The van der Waals surface area contributed by atoms with Crippen molar-refractivity contribution in [1.82, 2.24) is 4.98 Å². The predicted molar refractivity (Wildman–Crippen MR) is 78.7 cm³/mol. The van der Waals surface area contributed by atoms with Crippen LogP contribution in [0, 0.1) is 0 Å². The first-order chi connectivity index (χ1) is 9.65. The molecule has 4 nitrogen and oxygen atoms in total. The van der Waals surface area contributed by atoms with E-state index in [2.05, 4.69) is 4.98 Å². The summed E-state index contributed by atoms with van der Waals surface area (Å²) < 4.78 is 10.2. The Balaban J connectivity index is 2.49. The van der Waals surface area contributed by atoms with Crippen LogP contribution in [0.2, 0.25) is 5.02 Å². The lowest BCUT2D eigenvalue weighted by Crippen LogP contribution is -2.02. The molecule has 3 aromatic rings. The number of rotatable bonds is 2. The molecule has 5 heteroatoms. The topological polar surface area (TPSA) is 51.3 Å². The van der Waals surface area contributed by atoms with E-state index in [-0.39, 0.29) is 0 Å². The van der Waals surface area contributed by atoms with Crippen LogP contribution in [0.25, 0.3) is 21.8 Å². The number of esters is 1. The number of carbonyl (C=O) groups is 1. The fourth-order valence-electron chi connectivity index (χ4n) is 2.40. The Morgan fingerprint density at radius 2 is 2.00 bits per heavy atom. The minimum absolute atomic E-state index is 0.390. The lowest BCUT2D eigenvalue weighted by Gasteiger charge is -2.06. The first kappa shape index (κ1) is 12.8. The van der Waals surface area contributed by atoms with Crippen LogP contribution in [0.1, 0.15) is 10.4 Å². The molecule has 0 atom stereocenters. The summed E-state index contributed by atoms with van der Waals surface area (Å²) in [6, 6.07) is 8.93. The summed E-state index contributed by atoms with van der Waals surface area (Å²) in [5.74, 6) is 0.276. The summed E-state index contributed by atoms with van der Waals surface area (Å²) in [7, 11) is 2.95. The summed E-state index contributed by atoms with van der Waals surface area (Å²) in [4.78, 5) is 15.2. The maximum absolute atomic E-state index is 11.9. The highest BCUT2D eigenvalue weighted by Gasteiger charge is 2.18. The first-order valence-electron chi connectivity index (χ1n) is 6.02. The van der Waals surface area contributed by atoms with Crippen LogP contribution in [-0.2, 0) is 4.74 Å². The standard InChI is InChI=1S/C15H12ClNO3/c1-19-12-6-4-9(15(18)20-2)13-10-7-8(16)3-5-11(10)17-14(12)13/h3-7,17H,1-2H3. The molecule has 1 aromatic heterocycles. The maximum Gasteiger partial charge on any atom is 0.338 e. The minimum atomic E-state index is -0.390. The number of halogens is 1. The van der Waals surface area contributed by atoms with E-state index in [4.69, 9.17) is 21.1 Å².